The molecule has 0 bridgehead atoms. The number of ether oxygens (including phenoxy) is 1. The molecule has 2 saturated heterocycles. The zero-order chi connectivity index (χ0) is 20.5. The minimum absolute atomic E-state index is 0.640. The summed E-state index contributed by atoms with van der Waals surface area (Å²) in [5.41, 5.74) is 1.24. The Labute approximate surface area is 180 Å². The molecule has 1 N–H and O–H groups in total. The van der Waals surface area contributed by atoms with E-state index in [1.165, 1.54) is 30.0 Å². The molecule has 3 rings (SSSR count). The summed E-state index contributed by atoms with van der Waals surface area (Å²) in [6.07, 6.45) is 4.72. The zero-order valence-corrected chi connectivity index (χ0v) is 19.3. The third kappa shape index (κ3) is 6.93. The van der Waals surface area contributed by atoms with Crippen LogP contribution in [0.15, 0.2) is 10.4 Å². The summed E-state index contributed by atoms with van der Waals surface area (Å²) in [7, 11) is 0. The van der Waals surface area contributed by atoms with Gasteiger partial charge in [0.2, 0.25) is 0 Å². The van der Waals surface area contributed by atoms with Crippen LogP contribution >= 0.6 is 11.3 Å². The van der Waals surface area contributed by atoms with Gasteiger partial charge < -0.3 is 15.0 Å². The van der Waals surface area contributed by atoms with E-state index >= 15 is 0 Å². The zero-order valence-electron chi connectivity index (χ0n) is 18.5. The predicted molar refractivity (Wildman–Crippen MR) is 122 cm³/mol. The highest BCUT2D eigenvalue weighted by atomic mass is 32.1. The van der Waals surface area contributed by atoms with E-state index in [1.807, 2.05) is 0 Å². The van der Waals surface area contributed by atoms with Crippen LogP contribution in [-0.4, -0.2) is 73.2 Å². The second-order valence-electron chi connectivity index (χ2n) is 8.26. The summed E-state index contributed by atoms with van der Waals surface area (Å²) in [5.74, 6) is 2.44. The number of guanidine groups is 1. The van der Waals surface area contributed by atoms with Crippen molar-refractivity contribution in [2.75, 3.05) is 52.5 Å². The Morgan fingerprint density at radius 1 is 1.21 bits per heavy atom. The molecule has 1 aromatic heterocycles. The van der Waals surface area contributed by atoms with Crippen molar-refractivity contribution >= 4 is 17.3 Å². The molecule has 1 aromatic rings. The van der Waals surface area contributed by atoms with Crippen LogP contribution in [0.1, 0.15) is 50.7 Å². The molecule has 0 amide bonds. The summed E-state index contributed by atoms with van der Waals surface area (Å²) in [4.78, 5) is 14.7. The average molecular weight is 422 g/mol. The molecule has 6 nitrogen and oxygen atoms in total. The van der Waals surface area contributed by atoms with E-state index in [-0.39, 0.29) is 0 Å². The van der Waals surface area contributed by atoms with Crippen LogP contribution in [0.2, 0.25) is 0 Å². The lowest BCUT2D eigenvalue weighted by Gasteiger charge is -2.31. The third-order valence-corrected chi connectivity index (χ3v) is 7.01. The number of aromatic nitrogens is 1. The molecule has 0 saturated carbocycles. The molecular formula is C22H39N5OS. The van der Waals surface area contributed by atoms with Gasteiger partial charge >= 0.3 is 0 Å². The lowest BCUT2D eigenvalue weighted by Crippen LogP contribution is -2.41. The monoisotopic (exact) mass is 421 g/mol. The van der Waals surface area contributed by atoms with Crippen LogP contribution in [-0.2, 0) is 17.7 Å². The number of rotatable bonds is 9. The highest BCUT2D eigenvalue weighted by Gasteiger charge is 2.25. The maximum absolute atomic E-state index is 5.63. The Morgan fingerprint density at radius 3 is 2.69 bits per heavy atom. The number of hydrogen-bond acceptors (Lipinski definition) is 5. The van der Waals surface area contributed by atoms with Gasteiger partial charge in [-0.3, -0.25) is 9.89 Å². The van der Waals surface area contributed by atoms with E-state index in [2.05, 4.69) is 41.3 Å². The van der Waals surface area contributed by atoms with Gasteiger partial charge in [0.15, 0.2) is 5.96 Å². The Balaban J connectivity index is 1.43. The van der Waals surface area contributed by atoms with Crippen molar-refractivity contribution in [1.82, 2.24) is 20.1 Å². The Hall–Kier alpha value is -1.18. The number of thiazole rings is 1. The van der Waals surface area contributed by atoms with E-state index in [0.717, 1.165) is 71.4 Å². The van der Waals surface area contributed by atoms with Crippen molar-refractivity contribution < 1.29 is 4.74 Å². The van der Waals surface area contributed by atoms with Crippen molar-refractivity contribution in [1.29, 1.82) is 0 Å². The van der Waals surface area contributed by atoms with Gasteiger partial charge in [0.05, 0.1) is 17.3 Å². The van der Waals surface area contributed by atoms with Crippen LogP contribution in [0, 0.1) is 11.8 Å². The highest BCUT2D eigenvalue weighted by molar-refractivity contribution is 7.09. The molecule has 29 heavy (non-hydrogen) atoms. The SMILES string of the molecule is CCNC(=NCC1CCN(Cc2csc(CC)n2)CC1)N1CCC(COCC)C1. The molecular weight excluding hydrogens is 382 g/mol. The summed E-state index contributed by atoms with van der Waals surface area (Å²) in [6, 6.07) is 0. The molecule has 2 aliphatic heterocycles. The Bertz CT molecular complexity index is 626. The van der Waals surface area contributed by atoms with Crippen molar-refractivity contribution in [3.05, 3.63) is 16.1 Å². The molecule has 0 spiro atoms. The third-order valence-electron chi connectivity index (χ3n) is 5.97. The Kier molecular flexibility index (Phi) is 9.21. The molecule has 2 fully saturated rings. The molecule has 1 unspecified atom stereocenters. The van der Waals surface area contributed by atoms with Crippen LogP contribution in [0.3, 0.4) is 0 Å². The summed E-state index contributed by atoms with van der Waals surface area (Å²) in [6.45, 7) is 15.5. The average Bonchev–Trinajstić information content (AvgIpc) is 3.40. The van der Waals surface area contributed by atoms with Gasteiger partial charge in [0.1, 0.15) is 0 Å². The normalized spacial score (nSPS) is 21.8. The van der Waals surface area contributed by atoms with Crippen LogP contribution in [0.25, 0.3) is 0 Å². The number of likely N-dealkylation sites (tertiary alicyclic amines) is 2. The fourth-order valence-corrected chi connectivity index (χ4v) is 4.96. The first-order chi connectivity index (χ1) is 14.2. The second kappa shape index (κ2) is 11.9. The van der Waals surface area contributed by atoms with Crippen molar-refractivity contribution in [2.24, 2.45) is 16.8 Å². The summed E-state index contributed by atoms with van der Waals surface area (Å²) < 4.78 is 5.63. The molecule has 1 atom stereocenters. The number of nitrogens with one attached hydrogen (secondary N) is 1. The molecule has 0 radical (unpaired) electrons. The molecule has 0 aromatic carbocycles. The second-order valence-corrected chi connectivity index (χ2v) is 9.20. The van der Waals surface area contributed by atoms with Crippen molar-refractivity contribution in [3.63, 3.8) is 0 Å². The van der Waals surface area contributed by atoms with Gasteiger partial charge in [0.25, 0.3) is 0 Å². The fraction of sp³-hybridized carbons (Fsp3) is 0.818. The number of hydrogen-bond donors (Lipinski definition) is 1. The number of aryl methyl sites for hydroxylation is 1. The van der Waals surface area contributed by atoms with Gasteiger partial charge in [0, 0.05) is 50.6 Å². The van der Waals surface area contributed by atoms with Gasteiger partial charge in [-0.15, -0.1) is 11.3 Å². The van der Waals surface area contributed by atoms with Gasteiger partial charge in [-0.2, -0.15) is 0 Å². The van der Waals surface area contributed by atoms with Gasteiger partial charge in [-0.25, -0.2) is 4.98 Å². The number of piperidine rings is 1. The van der Waals surface area contributed by atoms with Crippen molar-refractivity contribution in [3.8, 4) is 0 Å². The van der Waals surface area contributed by atoms with E-state index in [1.54, 1.807) is 11.3 Å². The first kappa shape index (κ1) is 22.5. The Morgan fingerprint density at radius 2 is 2.00 bits per heavy atom. The van der Waals surface area contributed by atoms with E-state index < -0.39 is 0 Å². The van der Waals surface area contributed by atoms with Crippen LogP contribution in [0.4, 0.5) is 0 Å². The molecule has 164 valence electrons. The largest absolute Gasteiger partial charge is 0.381 e. The number of nitrogens with zero attached hydrogens (tertiary/aromatic N) is 4. The summed E-state index contributed by atoms with van der Waals surface area (Å²) >= 11 is 1.80. The van der Waals surface area contributed by atoms with Gasteiger partial charge in [-0.05, 0) is 58.5 Å². The molecule has 3 heterocycles. The smallest absolute Gasteiger partial charge is 0.193 e. The van der Waals surface area contributed by atoms with Crippen molar-refractivity contribution in [2.45, 2.75) is 53.0 Å². The van der Waals surface area contributed by atoms with Gasteiger partial charge in [-0.1, -0.05) is 6.92 Å². The minimum atomic E-state index is 0.640. The number of aliphatic imine (C=N–C) groups is 1. The first-order valence-corrected chi connectivity index (χ1v) is 12.4. The van der Waals surface area contributed by atoms with E-state index in [4.69, 9.17) is 14.7 Å². The van der Waals surface area contributed by atoms with E-state index in [0.29, 0.717) is 11.8 Å². The lowest BCUT2D eigenvalue weighted by molar-refractivity contribution is 0.114. The minimum Gasteiger partial charge on any atom is -0.381 e. The predicted octanol–water partition coefficient (Wildman–Crippen LogP) is 3.24. The standard InChI is InChI=1S/C22H39N5OS/c1-4-21-25-20(17-29-21)15-26-10-7-18(8-11-26)13-24-22(23-5-2)27-12-9-19(14-27)16-28-6-3/h17-19H,4-16H2,1-3H3,(H,23,24). The quantitative estimate of drug-likeness (QED) is 0.490. The topological polar surface area (TPSA) is 53.0 Å². The molecule has 0 aliphatic carbocycles. The first-order valence-electron chi connectivity index (χ1n) is 11.5. The maximum atomic E-state index is 5.63. The van der Waals surface area contributed by atoms with Crippen LogP contribution in [0.5, 0.6) is 0 Å². The molecule has 2 aliphatic rings. The fourth-order valence-electron chi connectivity index (χ4n) is 4.23. The van der Waals surface area contributed by atoms with E-state index in [9.17, 15) is 0 Å². The highest BCUT2D eigenvalue weighted by Crippen LogP contribution is 2.21. The molecule has 7 heteroatoms. The lowest BCUT2D eigenvalue weighted by atomic mass is 9.97. The maximum Gasteiger partial charge on any atom is 0.193 e. The van der Waals surface area contributed by atoms with Crippen LogP contribution < -0.4 is 5.32 Å². The summed E-state index contributed by atoms with van der Waals surface area (Å²) in [5, 5.41) is 6.99.